The molecular formula is C16H14Cl2O2. The van der Waals surface area contributed by atoms with Gasteiger partial charge in [-0.05, 0) is 35.4 Å². The summed E-state index contributed by atoms with van der Waals surface area (Å²) in [5, 5.41) is 1.44. The minimum absolute atomic E-state index is 0.0575. The monoisotopic (exact) mass is 308 g/mol. The highest BCUT2D eigenvalue weighted by atomic mass is 35.5. The molecule has 0 unspecified atom stereocenters. The quantitative estimate of drug-likeness (QED) is 0.821. The molecule has 1 heterocycles. The van der Waals surface area contributed by atoms with Crippen molar-refractivity contribution in [2.75, 3.05) is 6.61 Å². The van der Waals surface area contributed by atoms with Gasteiger partial charge in [0.15, 0.2) is 6.29 Å². The Bertz CT molecular complexity index is 601. The van der Waals surface area contributed by atoms with Crippen LogP contribution in [0.1, 0.15) is 17.2 Å². The van der Waals surface area contributed by atoms with E-state index in [-0.39, 0.29) is 12.4 Å². The van der Waals surface area contributed by atoms with Crippen LogP contribution in [-0.4, -0.2) is 12.9 Å². The lowest BCUT2D eigenvalue weighted by Crippen LogP contribution is -2.11. The molecular weight excluding hydrogens is 295 g/mol. The van der Waals surface area contributed by atoms with Crippen LogP contribution in [0, 0.1) is 0 Å². The third-order valence-corrected chi connectivity index (χ3v) is 3.73. The van der Waals surface area contributed by atoms with Crippen LogP contribution >= 0.6 is 23.2 Å². The molecule has 1 saturated heterocycles. The Kier molecular flexibility index (Phi) is 4.27. The van der Waals surface area contributed by atoms with E-state index in [2.05, 4.69) is 0 Å². The molecule has 2 aromatic carbocycles. The fourth-order valence-electron chi connectivity index (χ4n) is 2.30. The van der Waals surface area contributed by atoms with Crippen molar-refractivity contribution in [3.05, 3.63) is 69.7 Å². The summed E-state index contributed by atoms with van der Waals surface area (Å²) in [6.45, 7) is 0.547. The third-order valence-electron chi connectivity index (χ3n) is 3.26. The summed E-state index contributed by atoms with van der Waals surface area (Å²) >= 11 is 12.0. The van der Waals surface area contributed by atoms with E-state index in [1.807, 2.05) is 48.5 Å². The molecule has 0 aromatic heterocycles. The highest BCUT2D eigenvalue weighted by molar-refractivity contribution is 6.30. The van der Waals surface area contributed by atoms with Crippen LogP contribution in [0.3, 0.4) is 0 Å². The fourth-order valence-corrected chi connectivity index (χ4v) is 2.71. The molecule has 0 amide bonds. The minimum Gasteiger partial charge on any atom is -0.349 e. The van der Waals surface area contributed by atoms with Gasteiger partial charge in [-0.25, -0.2) is 0 Å². The first-order chi connectivity index (χ1) is 9.70. The number of halogens is 2. The van der Waals surface area contributed by atoms with Crippen LogP contribution in [0.15, 0.2) is 48.5 Å². The van der Waals surface area contributed by atoms with Crippen molar-refractivity contribution in [1.82, 2.24) is 0 Å². The lowest BCUT2D eigenvalue weighted by molar-refractivity contribution is -0.0563. The first kappa shape index (κ1) is 13.9. The van der Waals surface area contributed by atoms with Gasteiger partial charge >= 0.3 is 0 Å². The Morgan fingerprint density at radius 2 is 1.75 bits per heavy atom. The molecule has 2 atom stereocenters. The molecule has 4 heteroatoms. The van der Waals surface area contributed by atoms with Gasteiger partial charge in [0.2, 0.25) is 0 Å². The van der Waals surface area contributed by atoms with Crippen molar-refractivity contribution < 1.29 is 9.47 Å². The van der Waals surface area contributed by atoms with E-state index in [0.717, 1.165) is 16.1 Å². The molecule has 0 spiro atoms. The Labute approximate surface area is 128 Å². The Morgan fingerprint density at radius 3 is 2.50 bits per heavy atom. The molecule has 104 valence electrons. The third kappa shape index (κ3) is 3.33. The lowest BCUT2D eigenvalue weighted by Gasteiger charge is -2.12. The highest BCUT2D eigenvalue weighted by Gasteiger charge is 2.27. The van der Waals surface area contributed by atoms with Crippen molar-refractivity contribution in [1.29, 1.82) is 0 Å². The van der Waals surface area contributed by atoms with Gasteiger partial charge in [-0.3, -0.25) is 0 Å². The summed E-state index contributed by atoms with van der Waals surface area (Å²) in [4.78, 5) is 0. The second-order valence-electron chi connectivity index (χ2n) is 4.78. The van der Waals surface area contributed by atoms with Gasteiger partial charge in [-0.1, -0.05) is 47.5 Å². The van der Waals surface area contributed by atoms with Crippen LogP contribution in [0.2, 0.25) is 10.0 Å². The van der Waals surface area contributed by atoms with E-state index < -0.39 is 0 Å². The van der Waals surface area contributed by atoms with Gasteiger partial charge < -0.3 is 9.47 Å². The smallest absolute Gasteiger partial charge is 0.162 e. The molecule has 2 nitrogen and oxygen atoms in total. The fraction of sp³-hybridized carbons (Fsp3) is 0.250. The number of benzene rings is 2. The minimum atomic E-state index is -0.238. The first-order valence-electron chi connectivity index (χ1n) is 6.48. The van der Waals surface area contributed by atoms with Crippen LogP contribution < -0.4 is 0 Å². The molecule has 20 heavy (non-hydrogen) atoms. The summed E-state index contributed by atoms with van der Waals surface area (Å²) in [6.07, 6.45) is 0.396. The topological polar surface area (TPSA) is 18.5 Å². The molecule has 1 aliphatic heterocycles. The van der Waals surface area contributed by atoms with E-state index in [9.17, 15) is 0 Å². The largest absolute Gasteiger partial charge is 0.349 e. The second kappa shape index (κ2) is 6.15. The Hall–Kier alpha value is -1.06. The van der Waals surface area contributed by atoms with Crippen molar-refractivity contribution in [2.24, 2.45) is 0 Å². The van der Waals surface area contributed by atoms with Crippen molar-refractivity contribution in [3.8, 4) is 0 Å². The number of hydrogen-bond donors (Lipinski definition) is 0. The molecule has 0 saturated carbocycles. The molecule has 3 rings (SSSR count). The van der Waals surface area contributed by atoms with E-state index in [0.29, 0.717) is 18.1 Å². The lowest BCUT2D eigenvalue weighted by atomic mass is 10.1. The van der Waals surface area contributed by atoms with Gasteiger partial charge in [-0.2, -0.15) is 0 Å². The Morgan fingerprint density at radius 1 is 1.00 bits per heavy atom. The van der Waals surface area contributed by atoms with E-state index in [1.165, 1.54) is 0 Å². The summed E-state index contributed by atoms with van der Waals surface area (Å²) < 4.78 is 11.6. The normalized spacial score (nSPS) is 22.1. The summed E-state index contributed by atoms with van der Waals surface area (Å²) in [6, 6.07) is 15.4. The maximum absolute atomic E-state index is 6.00. The van der Waals surface area contributed by atoms with Gasteiger partial charge in [0.1, 0.15) is 6.10 Å². The van der Waals surface area contributed by atoms with E-state index in [4.69, 9.17) is 32.7 Å². The molecule has 0 bridgehead atoms. The van der Waals surface area contributed by atoms with Crippen molar-refractivity contribution in [3.63, 3.8) is 0 Å². The molecule has 1 fully saturated rings. The molecule has 0 radical (unpaired) electrons. The van der Waals surface area contributed by atoms with Crippen LogP contribution in [0.25, 0.3) is 0 Å². The molecule has 1 aliphatic rings. The maximum atomic E-state index is 6.00. The standard InChI is InChI=1S/C16H14Cl2O2/c17-13-5-1-3-11(7-13)8-16-19-10-15(20-16)12-4-2-6-14(18)9-12/h1-7,9,15-16H,8,10H2/t15-,16-/m1/s1. The molecule has 0 N–H and O–H groups in total. The van der Waals surface area contributed by atoms with Crippen molar-refractivity contribution >= 4 is 23.2 Å². The SMILES string of the molecule is Clc1cccc(C[C@@H]2OC[C@H](c3cccc(Cl)c3)O2)c1. The number of ether oxygens (including phenoxy) is 2. The van der Waals surface area contributed by atoms with Gasteiger partial charge in [-0.15, -0.1) is 0 Å². The first-order valence-corrected chi connectivity index (χ1v) is 7.23. The highest BCUT2D eigenvalue weighted by Crippen LogP contribution is 2.29. The second-order valence-corrected chi connectivity index (χ2v) is 5.65. The Balaban J connectivity index is 1.65. The molecule has 0 aliphatic carbocycles. The summed E-state index contributed by atoms with van der Waals surface area (Å²) in [5.74, 6) is 0. The summed E-state index contributed by atoms with van der Waals surface area (Å²) in [7, 11) is 0. The predicted octanol–water partition coefficient (Wildman–Crippen LogP) is 4.65. The number of hydrogen-bond acceptors (Lipinski definition) is 2. The van der Waals surface area contributed by atoms with Gasteiger partial charge in [0.05, 0.1) is 6.61 Å². The van der Waals surface area contributed by atoms with Crippen molar-refractivity contribution in [2.45, 2.75) is 18.8 Å². The summed E-state index contributed by atoms with van der Waals surface area (Å²) in [5.41, 5.74) is 2.15. The van der Waals surface area contributed by atoms with E-state index in [1.54, 1.807) is 0 Å². The zero-order valence-corrected chi connectivity index (χ0v) is 12.3. The average Bonchev–Trinajstić information content (AvgIpc) is 2.87. The average molecular weight is 309 g/mol. The van der Waals surface area contributed by atoms with Gasteiger partial charge in [0.25, 0.3) is 0 Å². The van der Waals surface area contributed by atoms with Crippen LogP contribution in [0.4, 0.5) is 0 Å². The zero-order chi connectivity index (χ0) is 13.9. The maximum Gasteiger partial charge on any atom is 0.162 e. The zero-order valence-electron chi connectivity index (χ0n) is 10.8. The number of rotatable bonds is 3. The van der Waals surface area contributed by atoms with E-state index >= 15 is 0 Å². The van der Waals surface area contributed by atoms with Crippen LogP contribution in [0.5, 0.6) is 0 Å². The predicted molar refractivity (Wildman–Crippen MR) is 80.2 cm³/mol. The van der Waals surface area contributed by atoms with Gasteiger partial charge in [0, 0.05) is 16.5 Å². The van der Waals surface area contributed by atoms with Crippen LogP contribution in [-0.2, 0) is 15.9 Å². The molecule has 2 aromatic rings.